The zero-order valence-electron chi connectivity index (χ0n) is 12.1. The SMILES string of the molecule is CN1CCN=C1NCC1(c2ccccc2)CCCC1.I. The van der Waals surface area contributed by atoms with Gasteiger partial charge in [0.15, 0.2) is 5.96 Å². The Labute approximate surface area is 138 Å². The maximum Gasteiger partial charge on any atom is 0.193 e. The molecule has 0 unspecified atom stereocenters. The van der Waals surface area contributed by atoms with E-state index in [0.717, 1.165) is 25.6 Å². The first-order valence-electron chi connectivity index (χ1n) is 7.35. The molecule has 3 rings (SSSR count). The Morgan fingerprint density at radius 3 is 2.50 bits per heavy atom. The van der Waals surface area contributed by atoms with Crippen LogP contribution in [0.1, 0.15) is 31.2 Å². The Morgan fingerprint density at radius 1 is 1.20 bits per heavy atom. The number of likely N-dealkylation sites (N-methyl/N-ethyl adjacent to an activating group) is 1. The van der Waals surface area contributed by atoms with Gasteiger partial charge in [-0.3, -0.25) is 4.99 Å². The number of nitrogens with zero attached hydrogens (tertiary/aromatic N) is 2. The average molecular weight is 385 g/mol. The molecule has 1 fully saturated rings. The third-order valence-corrected chi connectivity index (χ3v) is 4.59. The van der Waals surface area contributed by atoms with Crippen molar-refractivity contribution in [1.82, 2.24) is 10.2 Å². The zero-order chi connectivity index (χ0) is 13.1. The molecular formula is C16H24IN3. The quantitative estimate of drug-likeness (QED) is 0.811. The largest absolute Gasteiger partial charge is 0.355 e. The predicted octanol–water partition coefficient (Wildman–Crippen LogP) is 3.01. The summed E-state index contributed by atoms with van der Waals surface area (Å²) in [5, 5.41) is 3.59. The van der Waals surface area contributed by atoms with E-state index in [1.807, 2.05) is 0 Å². The highest BCUT2D eigenvalue weighted by Gasteiger charge is 2.35. The van der Waals surface area contributed by atoms with Crippen molar-refractivity contribution in [2.75, 3.05) is 26.7 Å². The van der Waals surface area contributed by atoms with E-state index in [2.05, 4.69) is 52.6 Å². The van der Waals surface area contributed by atoms with Crippen molar-refractivity contribution in [2.24, 2.45) is 4.99 Å². The molecule has 3 nitrogen and oxygen atoms in total. The van der Waals surface area contributed by atoms with Gasteiger partial charge in [0.2, 0.25) is 0 Å². The molecule has 0 spiro atoms. The van der Waals surface area contributed by atoms with Gasteiger partial charge in [-0.15, -0.1) is 24.0 Å². The molecule has 1 N–H and O–H groups in total. The first kappa shape index (κ1) is 15.6. The number of rotatable bonds is 3. The first-order valence-corrected chi connectivity index (χ1v) is 7.35. The van der Waals surface area contributed by atoms with Crippen LogP contribution in [0.4, 0.5) is 0 Å². The highest BCUT2D eigenvalue weighted by Crippen LogP contribution is 2.40. The minimum atomic E-state index is 0. The lowest BCUT2D eigenvalue weighted by atomic mass is 9.79. The minimum absolute atomic E-state index is 0. The number of halogens is 1. The summed E-state index contributed by atoms with van der Waals surface area (Å²) < 4.78 is 0. The Bertz CT molecular complexity index is 452. The smallest absolute Gasteiger partial charge is 0.193 e. The second kappa shape index (κ2) is 6.78. The summed E-state index contributed by atoms with van der Waals surface area (Å²) in [6.45, 7) is 2.98. The van der Waals surface area contributed by atoms with Crippen LogP contribution in [-0.4, -0.2) is 37.5 Å². The van der Waals surface area contributed by atoms with Crippen LogP contribution in [0, 0.1) is 0 Å². The van der Waals surface area contributed by atoms with Gasteiger partial charge in [0.25, 0.3) is 0 Å². The highest BCUT2D eigenvalue weighted by atomic mass is 127. The van der Waals surface area contributed by atoms with Gasteiger partial charge in [-0.2, -0.15) is 0 Å². The molecule has 1 aromatic rings. The fraction of sp³-hybridized carbons (Fsp3) is 0.562. The van der Waals surface area contributed by atoms with Gasteiger partial charge in [0.05, 0.1) is 6.54 Å². The number of nitrogens with one attached hydrogen (secondary N) is 1. The van der Waals surface area contributed by atoms with E-state index in [-0.39, 0.29) is 24.0 Å². The third-order valence-electron chi connectivity index (χ3n) is 4.59. The Kier molecular flexibility index (Phi) is 5.29. The summed E-state index contributed by atoms with van der Waals surface area (Å²) >= 11 is 0. The average Bonchev–Trinajstić information content (AvgIpc) is 3.07. The van der Waals surface area contributed by atoms with Gasteiger partial charge in [-0.1, -0.05) is 43.2 Å². The van der Waals surface area contributed by atoms with E-state index in [9.17, 15) is 0 Å². The lowest BCUT2D eigenvalue weighted by Crippen LogP contribution is -2.43. The van der Waals surface area contributed by atoms with Crippen molar-refractivity contribution in [3.8, 4) is 0 Å². The van der Waals surface area contributed by atoms with Crippen molar-refractivity contribution in [1.29, 1.82) is 0 Å². The Hall–Kier alpha value is -0.780. The van der Waals surface area contributed by atoms with Gasteiger partial charge < -0.3 is 10.2 Å². The van der Waals surface area contributed by atoms with Crippen LogP contribution in [0.2, 0.25) is 0 Å². The van der Waals surface area contributed by atoms with Crippen LogP contribution in [-0.2, 0) is 5.41 Å². The van der Waals surface area contributed by atoms with Crippen molar-refractivity contribution in [3.05, 3.63) is 35.9 Å². The third kappa shape index (κ3) is 3.10. The summed E-state index contributed by atoms with van der Waals surface area (Å²) in [4.78, 5) is 6.75. The van der Waals surface area contributed by atoms with Gasteiger partial charge >= 0.3 is 0 Å². The molecule has 0 saturated heterocycles. The summed E-state index contributed by atoms with van der Waals surface area (Å²) in [7, 11) is 2.11. The van der Waals surface area contributed by atoms with Crippen LogP contribution >= 0.6 is 24.0 Å². The predicted molar refractivity (Wildman–Crippen MR) is 94.9 cm³/mol. The monoisotopic (exact) mass is 385 g/mol. The van der Waals surface area contributed by atoms with Gasteiger partial charge in [-0.05, 0) is 18.4 Å². The van der Waals surface area contributed by atoms with Gasteiger partial charge in [-0.25, -0.2) is 0 Å². The van der Waals surface area contributed by atoms with Gasteiger partial charge in [0, 0.05) is 25.6 Å². The molecule has 0 bridgehead atoms. The number of hydrogen-bond donors (Lipinski definition) is 1. The number of hydrogen-bond acceptors (Lipinski definition) is 3. The van der Waals surface area contributed by atoms with E-state index in [0.29, 0.717) is 5.41 Å². The fourth-order valence-corrected chi connectivity index (χ4v) is 3.38. The second-order valence-electron chi connectivity index (χ2n) is 5.83. The standard InChI is InChI=1S/C16H23N3.HI/c1-19-12-11-17-15(19)18-13-16(9-5-6-10-16)14-7-3-2-4-8-14;/h2-4,7-8H,5-6,9-13H2,1H3,(H,17,18);1H. The summed E-state index contributed by atoms with van der Waals surface area (Å²) in [5.41, 5.74) is 1.80. The molecular weight excluding hydrogens is 361 g/mol. The van der Waals surface area contributed by atoms with Gasteiger partial charge in [0.1, 0.15) is 0 Å². The number of aliphatic imine (C=N–C) groups is 1. The summed E-state index contributed by atoms with van der Waals surface area (Å²) in [6.07, 6.45) is 5.28. The normalized spacial score (nSPS) is 20.4. The molecule has 0 atom stereocenters. The molecule has 4 heteroatoms. The number of guanidine groups is 1. The first-order chi connectivity index (χ1) is 9.30. The number of benzene rings is 1. The lowest BCUT2D eigenvalue weighted by Gasteiger charge is -2.31. The van der Waals surface area contributed by atoms with E-state index in [1.54, 1.807) is 0 Å². The molecule has 2 aliphatic rings. The molecule has 20 heavy (non-hydrogen) atoms. The van der Waals surface area contributed by atoms with Crippen LogP contribution < -0.4 is 5.32 Å². The molecule has 1 saturated carbocycles. The summed E-state index contributed by atoms with van der Waals surface area (Å²) in [5.74, 6) is 1.07. The molecule has 1 aliphatic carbocycles. The maximum absolute atomic E-state index is 4.53. The lowest BCUT2D eigenvalue weighted by molar-refractivity contribution is 0.422. The molecule has 1 heterocycles. The van der Waals surface area contributed by atoms with Crippen LogP contribution in [0.5, 0.6) is 0 Å². The topological polar surface area (TPSA) is 27.6 Å². The zero-order valence-corrected chi connectivity index (χ0v) is 14.5. The minimum Gasteiger partial charge on any atom is -0.355 e. The van der Waals surface area contributed by atoms with E-state index in [1.165, 1.54) is 31.2 Å². The Morgan fingerprint density at radius 2 is 1.90 bits per heavy atom. The van der Waals surface area contributed by atoms with Crippen LogP contribution in [0.3, 0.4) is 0 Å². The second-order valence-corrected chi connectivity index (χ2v) is 5.83. The van der Waals surface area contributed by atoms with E-state index in [4.69, 9.17) is 0 Å². The summed E-state index contributed by atoms with van der Waals surface area (Å²) in [6, 6.07) is 11.0. The van der Waals surface area contributed by atoms with Crippen LogP contribution in [0.15, 0.2) is 35.3 Å². The van der Waals surface area contributed by atoms with Crippen molar-refractivity contribution in [2.45, 2.75) is 31.1 Å². The fourth-order valence-electron chi connectivity index (χ4n) is 3.38. The molecule has 0 aromatic heterocycles. The van der Waals surface area contributed by atoms with E-state index >= 15 is 0 Å². The van der Waals surface area contributed by atoms with Crippen molar-refractivity contribution in [3.63, 3.8) is 0 Å². The molecule has 1 aliphatic heterocycles. The van der Waals surface area contributed by atoms with Crippen molar-refractivity contribution < 1.29 is 0 Å². The van der Waals surface area contributed by atoms with Crippen LogP contribution in [0.25, 0.3) is 0 Å². The Balaban J connectivity index is 0.00000147. The molecule has 110 valence electrons. The van der Waals surface area contributed by atoms with Crippen molar-refractivity contribution >= 4 is 29.9 Å². The van der Waals surface area contributed by atoms with E-state index < -0.39 is 0 Å². The molecule has 0 radical (unpaired) electrons. The maximum atomic E-state index is 4.53. The molecule has 1 aromatic carbocycles. The highest BCUT2D eigenvalue weighted by molar-refractivity contribution is 14.0. The molecule has 0 amide bonds.